The van der Waals surface area contributed by atoms with E-state index < -0.39 is 12.8 Å². The van der Waals surface area contributed by atoms with Crippen LogP contribution < -0.4 is 15.4 Å². The number of alkyl halides is 3. The van der Waals surface area contributed by atoms with Gasteiger partial charge in [-0.1, -0.05) is 26.8 Å². The highest BCUT2D eigenvalue weighted by atomic mass is 127. The lowest BCUT2D eigenvalue weighted by atomic mass is 9.94. The minimum absolute atomic E-state index is 0. The molecule has 0 aliphatic rings. The Bertz CT molecular complexity index is 819. The summed E-state index contributed by atoms with van der Waals surface area (Å²) in [6.45, 7) is 7.60. The third kappa shape index (κ3) is 8.76. The Balaban J connectivity index is 0.00000450. The van der Waals surface area contributed by atoms with Crippen molar-refractivity contribution in [1.29, 1.82) is 0 Å². The molecule has 168 valence electrons. The number of hydrogen-bond acceptors (Lipinski definition) is 5. The fourth-order valence-electron chi connectivity index (χ4n) is 2.23. The zero-order valence-corrected chi connectivity index (χ0v) is 19.7. The number of oxazole rings is 1. The summed E-state index contributed by atoms with van der Waals surface area (Å²) in [6, 6.07) is 3.24. The highest BCUT2D eigenvalue weighted by Crippen LogP contribution is 2.23. The number of rotatable bonds is 7. The van der Waals surface area contributed by atoms with E-state index in [4.69, 9.17) is 9.15 Å². The molecule has 0 atom stereocenters. The van der Waals surface area contributed by atoms with Crippen molar-refractivity contribution >= 4 is 29.9 Å². The van der Waals surface area contributed by atoms with Gasteiger partial charge < -0.3 is 19.8 Å². The van der Waals surface area contributed by atoms with E-state index in [1.165, 1.54) is 6.20 Å². The number of pyridine rings is 1. The van der Waals surface area contributed by atoms with Gasteiger partial charge in [0.2, 0.25) is 11.8 Å². The molecule has 0 spiro atoms. The molecule has 0 aliphatic carbocycles. The molecule has 0 amide bonds. The predicted octanol–water partition coefficient (Wildman–Crippen LogP) is 4.18. The van der Waals surface area contributed by atoms with Crippen LogP contribution >= 0.6 is 24.0 Å². The van der Waals surface area contributed by atoms with E-state index in [1.54, 1.807) is 18.3 Å². The molecular weight excluding hydrogens is 514 g/mol. The summed E-state index contributed by atoms with van der Waals surface area (Å²) < 4.78 is 47.7. The number of halogens is 4. The highest BCUT2D eigenvalue weighted by molar-refractivity contribution is 14.0. The second kappa shape index (κ2) is 11.4. The van der Waals surface area contributed by atoms with Crippen molar-refractivity contribution in [2.75, 3.05) is 13.2 Å². The second-order valence-corrected chi connectivity index (χ2v) is 7.29. The Morgan fingerprint density at radius 1 is 1.20 bits per heavy atom. The first kappa shape index (κ1) is 26.0. The second-order valence-electron chi connectivity index (χ2n) is 7.29. The fraction of sp³-hybridized carbons (Fsp3) is 0.526. The molecule has 0 unspecified atom stereocenters. The molecule has 0 radical (unpaired) electrons. The first-order chi connectivity index (χ1) is 13.6. The number of ether oxygens (including phenoxy) is 1. The number of aromatic nitrogens is 2. The van der Waals surface area contributed by atoms with Gasteiger partial charge in [0.25, 0.3) is 0 Å². The zero-order chi connectivity index (χ0) is 21.5. The Morgan fingerprint density at radius 2 is 1.93 bits per heavy atom. The van der Waals surface area contributed by atoms with Crippen LogP contribution in [0.2, 0.25) is 0 Å². The summed E-state index contributed by atoms with van der Waals surface area (Å²) in [4.78, 5) is 12.5. The van der Waals surface area contributed by atoms with Crippen LogP contribution in [-0.4, -0.2) is 35.3 Å². The number of hydrogen-bond donors (Lipinski definition) is 2. The minimum Gasteiger partial charge on any atom is -0.468 e. The van der Waals surface area contributed by atoms with Crippen molar-refractivity contribution in [3.05, 3.63) is 41.7 Å². The average molecular weight is 541 g/mol. The van der Waals surface area contributed by atoms with Gasteiger partial charge in [-0.2, -0.15) is 13.2 Å². The summed E-state index contributed by atoms with van der Waals surface area (Å²) in [5, 5.41) is 6.15. The molecule has 0 saturated heterocycles. The molecule has 0 aliphatic heterocycles. The average Bonchev–Trinajstić information content (AvgIpc) is 3.12. The topological polar surface area (TPSA) is 84.6 Å². The third-order valence-corrected chi connectivity index (χ3v) is 3.67. The SMILES string of the molecule is CCNC(=NCc1cccnc1OCC(F)(F)F)NCc1ncc(C(C)(C)C)o1.I. The third-order valence-electron chi connectivity index (χ3n) is 3.67. The lowest BCUT2D eigenvalue weighted by molar-refractivity contribution is -0.154. The maximum Gasteiger partial charge on any atom is 0.422 e. The van der Waals surface area contributed by atoms with Gasteiger partial charge in [-0.15, -0.1) is 24.0 Å². The number of nitrogens with zero attached hydrogens (tertiary/aromatic N) is 3. The van der Waals surface area contributed by atoms with Gasteiger partial charge in [-0.3, -0.25) is 0 Å². The molecule has 2 heterocycles. The molecule has 11 heteroatoms. The molecule has 2 aromatic rings. The number of nitrogens with one attached hydrogen (secondary N) is 2. The van der Waals surface area contributed by atoms with Crippen molar-refractivity contribution < 1.29 is 22.3 Å². The smallest absolute Gasteiger partial charge is 0.422 e. The Labute approximate surface area is 190 Å². The van der Waals surface area contributed by atoms with E-state index in [0.717, 1.165) is 5.76 Å². The van der Waals surface area contributed by atoms with E-state index in [9.17, 15) is 13.2 Å². The zero-order valence-electron chi connectivity index (χ0n) is 17.3. The quantitative estimate of drug-likeness (QED) is 0.311. The van der Waals surface area contributed by atoms with Crippen LogP contribution in [0.5, 0.6) is 5.88 Å². The molecule has 2 N–H and O–H groups in total. The van der Waals surface area contributed by atoms with Crippen LogP contribution in [0.3, 0.4) is 0 Å². The molecule has 0 bridgehead atoms. The molecule has 30 heavy (non-hydrogen) atoms. The normalized spacial score (nSPS) is 12.3. The summed E-state index contributed by atoms with van der Waals surface area (Å²) in [5.41, 5.74) is 0.303. The number of guanidine groups is 1. The first-order valence-electron chi connectivity index (χ1n) is 9.19. The summed E-state index contributed by atoms with van der Waals surface area (Å²) in [7, 11) is 0. The lowest BCUT2D eigenvalue weighted by Gasteiger charge is -2.14. The van der Waals surface area contributed by atoms with E-state index >= 15 is 0 Å². The Hall–Kier alpha value is -2.05. The van der Waals surface area contributed by atoms with Gasteiger partial charge >= 0.3 is 6.18 Å². The van der Waals surface area contributed by atoms with Gasteiger partial charge in [-0.05, 0) is 13.0 Å². The standard InChI is InChI=1S/C19H26F3N5O2.HI/c1-5-23-17(27-11-15-25-10-14(29-15)18(2,3)4)26-9-13-7-6-8-24-16(13)28-12-19(20,21)22;/h6-8,10H,5,9,11-12H2,1-4H3,(H2,23,26,27);1H. The molecule has 0 aromatic carbocycles. The summed E-state index contributed by atoms with van der Waals surface area (Å²) in [6.07, 6.45) is -1.37. The first-order valence-corrected chi connectivity index (χ1v) is 9.19. The Kier molecular flexibility index (Phi) is 9.85. The van der Waals surface area contributed by atoms with Crippen LogP contribution in [-0.2, 0) is 18.5 Å². The largest absolute Gasteiger partial charge is 0.468 e. The molecule has 0 fully saturated rings. The molecule has 7 nitrogen and oxygen atoms in total. The molecule has 2 rings (SSSR count). The van der Waals surface area contributed by atoms with Gasteiger partial charge in [0.05, 0.1) is 19.3 Å². The maximum atomic E-state index is 12.4. The van der Waals surface area contributed by atoms with E-state index in [1.807, 2.05) is 27.7 Å². The molecule has 2 aromatic heterocycles. The van der Waals surface area contributed by atoms with Crippen LogP contribution in [0.25, 0.3) is 0 Å². The van der Waals surface area contributed by atoms with Crippen LogP contribution in [0.1, 0.15) is 44.9 Å². The summed E-state index contributed by atoms with van der Waals surface area (Å²) >= 11 is 0. The number of aliphatic imine (C=N–C) groups is 1. The Morgan fingerprint density at radius 3 is 2.53 bits per heavy atom. The molecule has 0 saturated carbocycles. The van der Waals surface area contributed by atoms with E-state index in [0.29, 0.717) is 30.5 Å². The molecular formula is C19H27F3IN5O2. The van der Waals surface area contributed by atoms with Gasteiger partial charge in [0, 0.05) is 23.7 Å². The van der Waals surface area contributed by atoms with E-state index in [-0.39, 0.29) is 41.8 Å². The predicted molar refractivity (Wildman–Crippen MR) is 118 cm³/mol. The lowest BCUT2D eigenvalue weighted by Crippen LogP contribution is -2.36. The van der Waals surface area contributed by atoms with Crippen molar-refractivity contribution in [1.82, 2.24) is 20.6 Å². The van der Waals surface area contributed by atoms with Crippen molar-refractivity contribution in [2.45, 2.75) is 52.4 Å². The van der Waals surface area contributed by atoms with Crippen molar-refractivity contribution in [2.24, 2.45) is 4.99 Å². The maximum absolute atomic E-state index is 12.4. The van der Waals surface area contributed by atoms with E-state index in [2.05, 4.69) is 25.6 Å². The highest BCUT2D eigenvalue weighted by Gasteiger charge is 2.29. The van der Waals surface area contributed by atoms with Crippen molar-refractivity contribution in [3.8, 4) is 5.88 Å². The van der Waals surface area contributed by atoms with Crippen LogP contribution in [0, 0.1) is 0 Å². The van der Waals surface area contributed by atoms with Gasteiger partial charge in [0.1, 0.15) is 5.76 Å². The van der Waals surface area contributed by atoms with Gasteiger partial charge in [-0.25, -0.2) is 15.0 Å². The van der Waals surface area contributed by atoms with Crippen LogP contribution in [0.15, 0.2) is 33.9 Å². The van der Waals surface area contributed by atoms with Crippen molar-refractivity contribution in [3.63, 3.8) is 0 Å². The van der Waals surface area contributed by atoms with Crippen LogP contribution in [0.4, 0.5) is 13.2 Å². The fourth-order valence-corrected chi connectivity index (χ4v) is 2.23. The monoisotopic (exact) mass is 541 g/mol. The van der Waals surface area contributed by atoms with Gasteiger partial charge in [0.15, 0.2) is 12.6 Å². The minimum atomic E-state index is -4.43. The summed E-state index contributed by atoms with van der Waals surface area (Å²) in [5.74, 6) is 1.66.